The third-order valence-electron chi connectivity index (χ3n) is 4.53. The molecule has 0 radical (unpaired) electrons. The summed E-state index contributed by atoms with van der Waals surface area (Å²) in [5, 5.41) is 13.6. The molecule has 0 aliphatic carbocycles. The maximum atomic E-state index is 12.6. The van der Waals surface area contributed by atoms with Crippen molar-refractivity contribution in [1.29, 1.82) is 0 Å². The Morgan fingerprint density at radius 2 is 1.89 bits per heavy atom. The number of hydrogen-bond acceptors (Lipinski definition) is 6. The molecule has 0 unspecified atom stereocenters. The molecule has 2 aromatic rings. The summed E-state index contributed by atoms with van der Waals surface area (Å²) in [4.78, 5) is 36.9. The number of methoxy groups -OCH3 is 2. The van der Waals surface area contributed by atoms with Gasteiger partial charge in [-0.3, -0.25) is 19.7 Å². The molecule has 0 spiro atoms. The number of nitro benzene ring substituents is 1. The van der Waals surface area contributed by atoms with Gasteiger partial charge in [0.15, 0.2) is 0 Å². The van der Waals surface area contributed by atoms with Crippen molar-refractivity contribution in [3.63, 3.8) is 0 Å². The number of benzene rings is 2. The second-order valence-corrected chi connectivity index (χ2v) is 6.23. The van der Waals surface area contributed by atoms with Crippen molar-refractivity contribution in [1.82, 2.24) is 0 Å². The lowest BCUT2D eigenvalue weighted by Crippen LogP contribution is -2.28. The van der Waals surface area contributed by atoms with E-state index in [9.17, 15) is 19.7 Å². The fourth-order valence-electron chi connectivity index (χ4n) is 3.03. The van der Waals surface area contributed by atoms with E-state index in [0.29, 0.717) is 17.1 Å². The maximum absolute atomic E-state index is 12.6. The van der Waals surface area contributed by atoms with Crippen molar-refractivity contribution >= 4 is 28.9 Å². The van der Waals surface area contributed by atoms with Gasteiger partial charge in [-0.15, -0.1) is 0 Å². The Morgan fingerprint density at radius 1 is 1.18 bits per heavy atom. The lowest BCUT2D eigenvalue weighted by atomic mass is 10.1. The molecule has 2 amide bonds. The highest BCUT2D eigenvalue weighted by atomic mass is 16.6. The number of non-ortho nitro benzene ring substituents is 1. The number of anilines is 2. The Morgan fingerprint density at radius 3 is 2.50 bits per heavy atom. The van der Waals surface area contributed by atoms with E-state index >= 15 is 0 Å². The predicted octanol–water partition coefficient (Wildman–Crippen LogP) is 2.60. The van der Waals surface area contributed by atoms with E-state index in [1.54, 1.807) is 36.3 Å². The first-order valence-electron chi connectivity index (χ1n) is 8.50. The zero-order chi connectivity index (χ0) is 20.3. The molecule has 1 N–H and O–H groups in total. The SMILES string of the molecule is COc1ccc(N2C[C@@H](C(=O)Nc3ccc([N+](=O)[O-])cc3OC)CC2=O)cc1. The molecule has 1 heterocycles. The summed E-state index contributed by atoms with van der Waals surface area (Å²) in [6.07, 6.45) is 0.0765. The lowest BCUT2D eigenvalue weighted by molar-refractivity contribution is -0.384. The zero-order valence-corrected chi connectivity index (χ0v) is 15.4. The molecule has 146 valence electrons. The average molecular weight is 385 g/mol. The molecule has 28 heavy (non-hydrogen) atoms. The Labute approximate surface area is 161 Å². The largest absolute Gasteiger partial charge is 0.497 e. The lowest BCUT2D eigenvalue weighted by Gasteiger charge is -2.17. The third kappa shape index (κ3) is 3.88. The number of carbonyl (C=O) groups is 2. The van der Waals surface area contributed by atoms with E-state index in [-0.39, 0.29) is 36.2 Å². The molecule has 0 aromatic heterocycles. The monoisotopic (exact) mass is 385 g/mol. The van der Waals surface area contributed by atoms with Crippen LogP contribution in [0.2, 0.25) is 0 Å². The van der Waals surface area contributed by atoms with E-state index < -0.39 is 10.8 Å². The zero-order valence-electron chi connectivity index (χ0n) is 15.4. The topological polar surface area (TPSA) is 111 Å². The van der Waals surface area contributed by atoms with Gasteiger partial charge in [0, 0.05) is 24.7 Å². The van der Waals surface area contributed by atoms with Crippen LogP contribution in [0, 0.1) is 16.0 Å². The van der Waals surface area contributed by atoms with Crippen LogP contribution >= 0.6 is 0 Å². The third-order valence-corrected chi connectivity index (χ3v) is 4.53. The van der Waals surface area contributed by atoms with Crippen LogP contribution in [0.4, 0.5) is 17.1 Å². The summed E-state index contributed by atoms with van der Waals surface area (Å²) < 4.78 is 10.2. The molecule has 1 saturated heterocycles. The fraction of sp³-hybridized carbons (Fsp3) is 0.263. The van der Waals surface area contributed by atoms with Crippen molar-refractivity contribution in [3.8, 4) is 11.5 Å². The van der Waals surface area contributed by atoms with Crippen LogP contribution in [0.25, 0.3) is 0 Å². The van der Waals surface area contributed by atoms with Crippen molar-refractivity contribution in [2.24, 2.45) is 5.92 Å². The molecule has 0 saturated carbocycles. The number of rotatable bonds is 6. The molecule has 1 aliphatic heterocycles. The van der Waals surface area contributed by atoms with Gasteiger partial charge < -0.3 is 19.7 Å². The summed E-state index contributed by atoms with van der Waals surface area (Å²) in [5.41, 5.74) is 0.860. The van der Waals surface area contributed by atoms with Crippen LogP contribution in [0.1, 0.15) is 6.42 Å². The Kier molecular flexibility index (Phi) is 5.44. The first kappa shape index (κ1) is 19.2. The van der Waals surface area contributed by atoms with Gasteiger partial charge in [0.05, 0.1) is 36.8 Å². The standard InChI is InChI=1S/C19H19N3O6/c1-27-15-6-3-13(4-7-15)21-11-12(9-18(21)23)19(24)20-16-8-5-14(22(25)26)10-17(16)28-2/h3-8,10,12H,9,11H2,1-2H3,(H,20,24)/t12-/m0/s1. The maximum Gasteiger partial charge on any atom is 0.273 e. The van der Waals surface area contributed by atoms with Crippen molar-refractivity contribution in [3.05, 3.63) is 52.6 Å². The normalized spacial score (nSPS) is 16.0. The molecule has 1 fully saturated rings. The van der Waals surface area contributed by atoms with E-state index in [4.69, 9.17) is 9.47 Å². The summed E-state index contributed by atoms with van der Waals surface area (Å²) in [6, 6.07) is 10.9. The van der Waals surface area contributed by atoms with E-state index in [1.165, 1.54) is 25.3 Å². The Balaban J connectivity index is 1.71. The highest BCUT2D eigenvalue weighted by Gasteiger charge is 2.35. The second-order valence-electron chi connectivity index (χ2n) is 6.23. The number of ether oxygens (including phenoxy) is 2. The van der Waals surface area contributed by atoms with Gasteiger partial charge in [-0.2, -0.15) is 0 Å². The minimum atomic E-state index is -0.547. The highest BCUT2D eigenvalue weighted by molar-refractivity contribution is 6.04. The number of nitrogens with zero attached hydrogens (tertiary/aromatic N) is 2. The van der Waals surface area contributed by atoms with Gasteiger partial charge in [-0.25, -0.2) is 0 Å². The van der Waals surface area contributed by atoms with Gasteiger partial charge in [0.2, 0.25) is 11.8 Å². The van der Waals surface area contributed by atoms with Gasteiger partial charge in [-0.1, -0.05) is 0 Å². The van der Waals surface area contributed by atoms with Crippen LogP contribution < -0.4 is 19.7 Å². The summed E-state index contributed by atoms with van der Waals surface area (Å²) >= 11 is 0. The Hall–Kier alpha value is -3.62. The van der Waals surface area contributed by atoms with Crippen LogP contribution in [0.15, 0.2) is 42.5 Å². The van der Waals surface area contributed by atoms with E-state index in [1.807, 2.05) is 0 Å². The predicted molar refractivity (Wildman–Crippen MR) is 102 cm³/mol. The van der Waals surface area contributed by atoms with E-state index in [2.05, 4.69) is 5.32 Å². The summed E-state index contributed by atoms with van der Waals surface area (Å²) in [7, 11) is 2.92. The second kappa shape index (κ2) is 7.95. The molecule has 0 bridgehead atoms. The Bertz CT molecular complexity index is 912. The summed E-state index contributed by atoms with van der Waals surface area (Å²) in [5.74, 6) is -0.194. The number of nitrogens with one attached hydrogen (secondary N) is 1. The van der Waals surface area contributed by atoms with Crippen LogP contribution in [0.3, 0.4) is 0 Å². The first-order valence-corrected chi connectivity index (χ1v) is 8.50. The smallest absolute Gasteiger partial charge is 0.273 e. The average Bonchev–Trinajstić information content (AvgIpc) is 3.10. The molecule has 9 heteroatoms. The molecular formula is C19H19N3O6. The molecule has 9 nitrogen and oxygen atoms in total. The molecule has 1 atom stereocenters. The van der Waals surface area contributed by atoms with Crippen LogP contribution in [-0.4, -0.2) is 37.5 Å². The van der Waals surface area contributed by atoms with Gasteiger partial charge in [0.1, 0.15) is 11.5 Å². The quantitative estimate of drug-likeness (QED) is 0.604. The molecule has 1 aliphatic rings. The number of hydrogen-bond donors (Lipinski definition) is 1. The van der Waals surface area contributed by atoms with Crippen molar-refractivity contribution in [2.75, 3.05) is 31.0 Å². The van der Waals surface area contributed by atoms with Crippen molar-refractivity contribution < 1.29 is 24.0 Å². The van der Waals surface area contributed by atoms with Gasteiger partial charge in [-0.05, 0) is 30.3 Å². The number of nitro groups is 1. The number of carbonyl (C=O) groups excluding carboxylic acids is 2. The van der Waals surface area contributed by atoms with Crippen molar-refractivity contribution in [2.45, 2.75) is 6.42 Å². The van der Waals surface area contributed by atoms with Gasteiger partial charge >= 0.3 is 0 Å². The molecule has 3 rings (SSSR count). The molecular weight excluding hydrogens is 366 g/mol. The van der Waals surface area contributed by atoms with Crippen LogP contribution in [0.5, 0.6) is 11.5 Å². The highest BCUT2D eigenvalue weighted by Crippen LogP contribution is 2.31. The first-order chi connectivity index (χ1) is 13.4. The van der Waals surface area contributed by atoms with E-state index in [0.717, 1.165) is 0 Å². The van der Waals surface area contributed by atoms with Gasteiger partial charge in [0.25, 0.3) is 5.69 Å². The minimum absolute atomic E-state index is 0.0765. The summed E-state index contributed by atoms with van der Waals surface area (Å²) in [6.45, 7) is 0.242. The van der Waals surface area contributed by atoms with Crippen LogP contribution in [-0.2, 0) is 9.59 Å². The number of amides is 2. The molecule has 2 aromatic carbocycles. The fourth-order valence-corrected chi connectivity index (χ4v) is 3.03. The minimum Gasteiger partial charge on any atom is -0.497 e.